The Labute approximate surface area is 112 Å². The zero-order valence-corrected chi connectivity index (χ0v) is 11.5. The van der Waals surface area contributed by atoms with E-state index in [-0.39, 0.29) is 29.7 Å². The molecule has 1 saturated carbocycles. The highest BCUT2D eigenvalue weighted by Crippen LogP contribution is 2.40. The Balaban J connectivity index is 1.94. The Morgan fingerprint density at radius 1 is 1.47 bits per heavy atom. The Hall–Kier alpha value is -1.92. The van der Waals surface area contributed by atoms with Crippen LogP contribution in [-0.4, -0.2) is 45.6 Å². The van der Waals surface area contributed by atoms with Gasteiger partial charge in [-0.1, -0.05) is 13.3 Å². The van der Waals surface area contributed by atoms with Crippen LogP contribution in [0.25, 0.3) is 0 Å². The summed E-state index contributed by atoms with van der Waals surface area (Å²) in [5.74, 6) is 0.133. The zero-order valence-electron chi connectivity index (χ0n) is 11.5. The number of carbonyl (C=O) groups excluding carboxylic acids is 2. The molecule has 0 bridgehead atoms. The minimum Gasteiger partial charge on any atom is -0.347 e. The summed E-state index contributed by atoms with van der Waals surface area (Å²) >= 11 is 0. The fraction of sp³-hybridized carbons (Fsp3) is 0.667. The van der Waals surface area contributed by atoms with Crippen LogP contribution in [0.3, 0.4) is 0 Å². The van der Waals surface area contributed by atoms with Crippen molar-refractivity contribution in [2.75, 3.05) is 19.4 Å². The van der Waals surface area contributed by atoms with Gasteiger partial charge in [-0.25, -0.2) is 9.67 Å². The molecule has 1 aromatic rings. The lowest BCUT2D eigenvalue weighted by atomic mass is 9.70. The third-order valence-electron chi connectivity index (χ3n) is 3.56. The van der Waals surface area contributed by atoms with E-state index < -0.39 is 0 Å². The Bertz CT molecular complexity index is 490. The van der Waals surface area contributed by atoms with Gasteiger partial charge in [-0.2, -0.15) is 0 Å². The number of aromatic nitrogens is 3. The zero-order chi connectivity index (χ0) is 14.0. The molecular formula is C12H19N5O2. The van der Waals surface area contributed by atoms with E-state index in [1.807, 2.05) is 6.92 Å². The van der Waals surface area contributed by atoms with Crippen molar-refractivity contribution in [2.24, 2.45) is 5.41 Å². The van der Waals surface area contributed by atoms with Gasteiger partial charge in [-0.15, -0.1) is 5.10 Å². The molecule has 1 fully saturated rings. The number of nitrogens with zero attached hydrogens (tertiary/aromatic N) is 4. The monoisotopic (exact) mass is 265 g/mol. The highest BCUT2D eigenvalue weighted by atomic mass is 16.2. The van der Waals surface area contributed by atoms with Crippen LogP contribution in [0.4, 0.5) is 5.95 Å². The number of anilines is 1. The second kappa shape index (κ2) is 4.99. The van der Waals surface area contributed by atoms with Gasteiger partial charge in [-0.3, -0.25) is 14.9 Å². The van der Waals surface area contributed by atoms with Crippen LogP contribution in [-0.2, 0) is 16.1 Å². The first-order valence-corrected chi connectivity index (χ1v) is 6.32. The second-order valence-electron chi connectivity index (χ2n) is 5.42. The van der Waals surface area contributed by atoms with E-state index in [1.165, 1.54) is 15.9 Å². The maximum Gasteiger partial charge on any atom is 0.248 e. The largest absolute Gasteiger partial charge is 0.347 e. The standard InChI is InChI=1S/C12H19N5O2/c1-12(5-4-6-12)10(19)14-11-13-8-17(15-11)7-9(18)16(2)3/h8H,4-7H2,1-3H3,(H,14,15,19). The number of amides is 2. The minimum atomic E-state index is -0.287. The summed E-state index contributed by atoms with van der Waals surface area (Å²) in [5, 5.41) is 6.77. The van der Waals surface area contributed by atoms with Crippen molar-refractivity contribution in [3.63, 3.8) is 0 Å². The van der Waals surface area contributed by atoms with Gasteiger partial charge in [0.15, 0.2) is 0 Å². The molecular weight excluding hydrogens is 246 g/mol. The summed E-state index contributed by atoms with van der Waals surface area (Å²) in [4.78, 5) is 29.0. The molecule has 0 aliphatic heterocycles. The average Bonchev–Trinajstić information content (AvgIpc) is 2.73. The summed E-state index contributed by atoms with van der Waals surface area (Å²) in [7, 11) is 3.36. The Morgan fingerprint density at radius 3 is 2.68 bits per heavy atom. The molecule has 1 N–H and O–H groups in total. The van der Waals surface area contributed by atoms with E-state index in [2.05, 4.69) is 15.4 Å². The Morgan fingerprint density at radius 2 is 2.16 bits per heavy atom. The summed E-state index contributed by atoms with van der Waals surface area (Å²) in [5.41, 5.74) is -0.287. The first-order chi connectivity index (χ1) is 8.90. The van der Waals surface area contributed by atoms with Crippen molar-refractivity contribution in [3.05, 3.63) is 6.33 Å². The van der Waals surface area contributed by atoms with Crippen molar-refractivity contribution in [3.8, 4) is 0 Å². The fourth-order valence-electron chi connectivity index (χ4n) is 1.89. The van der Waals surface area contributed by atoms with E-state index in [9.17, 15) is 9.59 Å². The molecule has 0 radical (unpaired) electrons. The first kappa shape index (κ1) is 13.5. The summed E-state index contributed by atoms with van der Waals surface area (Å²) in [6, 6.07) is 0. The lowest BCUT2D eigenvalue weighted by molar-refractivity contribution is -0.129. The van der Waals surface area contributed by atoms with Gasteiger partial charge in [0.2, 0.25) is 17.8 Å². The molecule has 1 aliphatic carbocycles. The molecule has 0 aromatic carbocycles. The lowest BCUT2D eigenvalue weighted by Crippen LogP contribution is -2.39. The molecule has 2 rings (SSSR count). The topological polar surface area (TPSA) is 80.1 Å². The molecule has 2 amide bonds. The van der Waals surface area contributed by atoms with Crippen LogP contribution in [0.1, 0.15) is 26.2 Å². The molecule has 1 aromatic heterocycles. The van der Waals surface area contributed by atoms with E-state index in [4.69, 9.17) is 0 Å². The Kier molecular flexibility index (Phi) is 3.55. The van der Waals surface area contributed by atoms with E-state index in [1.54, 1.807) is 14.1 Å². The average molecular weight is 265 g/mol. The quantitative estimate of drug-likeness (QED) is 0.859. The molecule has 1 aliphatic rings. The maximum absolute atomic E-state index is 12.0. The van der Waals surface area contributed by atoms with Gasteiger partial charge in [0.05, 0.1) is 0 Å². The number of nitrogens with one attached hydrogen (secondary N) is 1. The lowest BCUT2D eigenvalue weighted by Gasteiger charge is -2.35. The normalized spacial score (nSPS) is 16.6. The summed E-state index contributed by atoms with van der Waals surface area (Å²) in [6.07, 6.45) is 4.33. The number of hydrogen-bond donors (Lipinski definition) is 1. The molecule has 1 heterocycles. The predicted molar refractivity (Wildman–Crippen MR) is 69.3 cm³/mol. The van der Waals surface area contributed by atoms with Crippen LogP contribution in [0.2, 0.25) is 0 Å². The van der Waals surface area contributed by atoms with Gasteiger partial charge < -0.3 is 4.90 Å². The van der Waals surface area contributed by atoms with Crippen LogP contribution in [0.15, 0.2) is 6.33 Å². The van der Waals surface area contributed by atoms with E-state index in [0.29, 0.717) is 0 Å². The highest BCUT2D eigenvalue weighted by Gasteiger charge is 2.39. The second-order valence-corrected chi connectivity index (χ2v) is 5.42. The molecule has 19 heavy (non-hydrogen) atoms. The third kappa shape index (κ3) is 2.91. The van der Waals surface area contributed by atoms with Crippen LogP contribution >= 0.6 is 0 Å². The number of carbonyl (C=O) groups is 2. The third-order valence-corrected chi connectivity index (χ3v) is 3.56. The van der Waals surface area contributed by atoms with Crippen molar-refractivity contribution in [1.82, 2.24) is 19.7 Å². The summed E-state index contributed by atoms with van der Waals surface area (Å²) in [6.45, 7) is 2.06. The molecule has 7 heteroatoms. The molecule has 0 atom stereocenters. The highest BCUT2D eigenvalue weighted by molar-refractivity contribution is 5.94. The minimum absolute atomic E-state index is 0.0459. The SMILES string of the molecule is CN(C)C(=O)Cn1cnc(NC(=O)C2(C)CCC2)n1. The van der Waals surface area contributed by atoms with Gasteiger partial charge >= 0.3 is 0 Å². The molecule has 0 saturated heterocycles. The van der Waals surface area contributed by atoms with E-state index in [0.717, 1.165) is 19.3 Å². The van der Waals surface area contributed by atoms with Gasteiger partial charge in [0.1, 0.15) is 12.9 Å². The van der Waals surface area contributed by atoms with E-state index >= 15 is 0 Å². The van der Waals surface area contributed by atoms with Crippen molar-refractivity contribution in [2.45, 2.75) is 32.7 Å². The maximum atomic E-state index is 12.0. The van der Waals surface area contributed by atoms with Crippen molar-refractivity contribution in [1.29, 1.82) is 0 Å². The van der Waals surface area contributed by atoms with Gasteiger partial charge in [0, 0.05) is 19.5 Å². The van der Waals surface area contributed by atoms with Gasteiger partial charge in [0.25, 0.3) is 0 Å². The molecule has 0 spiro atoms. The van der Waals surface area contributed by atoms with Gasteiger partial charge in [-0.05, 0) is 12.8 Å². The molecule has 7 nitrogen and oxygen atoms in total. The number of likely N-dealkylation sites (N-methyl/N-ethyl adjacent to an activating group) is 1. The number of hydrogen-bond acceptors (Lipinski definition) is 4. The van der Waals surface area contributed by atoms with Crippen molar-refractivity contribution >= 4 is 17.8 Å². The predicted octanol–water partition coefficient (Wildman–Crippen LogP) is 0.495. The van der Waals surface area contributed by atoms with Crippen LogP contribution in [0, 0.1) is 5.41 Å². The molecule has 104 valence electrons. The first-order valence-electron chi connectivity index (χ1n) is 6.32. The van der Waals surface area contributed by atoms with Crippen LogP contribution in [0.5, 0.6) is 0 Å². The van der Waals surface area contributed by atoms with Crippen molar-refractivity contribution < 1.29 is 9.59 Å². The number of rotatable bonds is 4. The smallest absolute Gasteiger partial charge is 0.248 e. The fourth-order valence-corrected chi connectivity index (χ4v) is 1.89. The summed E-state index contributed by atoms with van der Waals surface area (Å²) < 4.78 is 1.42. The van der Waals surface area contributed by atoms with Crippen LogP contribution < -0.4 is 5.32 Å². The molecule has 0 unspecified atom stereocenters.